The van der Waals surface area contributed by atoms with Gasteiger partial charge in [-0.15, -0.1) is 0 Å². The van der Waals surface area contributed by atoms with Crippen LogP contribution in [0.1, 0.15) is 12.8 Å². The Morgan fingerprint density at radius 3 is 1.88 bits per heavy atom. The Balaban J connectivity index is 1.62. The first-order valence-electron chi connectivity index (χ1n) is 8.96. The summed E-state index contributed by atoms with van der Waals surface area (Å²) in [5.74, 6) is 0.0793. The fourth-order valence-electron chi connectivity index (χ4n) is 4.84. The number of hydrogen-bond donors (Lipinski definition) is 0. The second-order valence-electron chi connectivity index (χ2n) is 7.24. The Hall–Kier alpha value is -2.68. The van der Waals surface area contributed by atoms with Gasteiger partial charge >= 0.3 is 0 Å². The Labute approximate surface area is 147 Å². The number of carbonyl (C=O) groups excluding carboxylic acids is 2. The molecule has 1 saturated carbocycles. The van der Waals surface area contributed by atoms with Crippen LogP contribution in [0.2, 0.25) is 0 Å². The van der Waals surface area contributed by atoms with Gasteiger partial charge in [-0.05, 0) is 36.3 Å². The lowest BCUT2D eigenvalue weighted by Crippen LogP contribution is -2.38. The molecule has 25 heavy (non-hydrogen) atoms. The smallest absolute Gasteiger partial charge is 0.238 e. The van der Waals surface area contributed by atoms with Crippen LogP contribution in [0, 0.1) is 23.7 Å². The molecule has 2 fully saturated rings. The van der Waals surface area contributed by atoms with Gasteiger partial charge in [0.15, 0.2) is 0 Å². The maximum absolute atomic E-state index is 13.2. The van der Waals surface area contributed by atoms with E-state index in [0.717, 1.165) is 29.7 Å². The highest BCUT2D eigenvalue weighted by Gasteiger charge is 2.57. The Morgan fingerprint density at radius 2 is 1.28 bits per heavy atom. The lowest BCUT2D eigenvalue weighted by Gasteiger charge is -2.38. The largest absolute Gasteiger partial charge is 0.274 e. The zero-order valence-electron chi connectivity index (χ0n) is 13.8. The molecule has 3 nitrogen and oxygen atoms in total. The Kier molecular flexibility index (Phi) is 3.17. The predicted octanol–water partition coefficient (Wildman–Crippen LogP) is 4.06. The van der Waals surface area contributed by atoms with E-state index in [1.165, 1.54) is 4.90 Å². The molecule has 2 aromatic carbocycles. The van der Waals surface area contributed by atoms with Crippen LogP contribution in [0.15, 0.2) is 66.7 Å². The van der Waals surface area contributed by atoms with Gasteiger partial charge in [0.05, 0.1) is 17.5 Å². The van der Waals surface area contributed by atoms with E-state index in [2.05, 4.69) is 12.2 Å². The molecule has 4 atom stereocenters. The van der Waals surface area contributed by atoms with Crippen LogP contribution in [0.4, 0.5) is 5.69 Å². The van der Waals surface area contributed by atoms with Crippen molar-refractivity contribution in [3.8, 4) is 11.1 Å². The average molecular weight is 329 g/mol. The zero-order chi connectivity index (χ0) is 17.0. The number of amides is 2. The summed E-state index contributed by atoms with van der Waals surface area (Å²) in [6, 6.07) is 17.7. The number of hydrogen-bond acceptors (Lipinski definition) is 2. The molecule has 3 aliphatic carbocycles. The summed E-state index contributed by atoms with van der Waals surface area (Å²) < 4.78 is 0. The number of carbonyl (C=O) groups is 2. The zero-order valence-corrected chi connectivity index (χ0v) is 13.8. The van der Waals surface area contributed by atoms with Crippen molar-refractivity contribution in [1.29, 1.82) is 0 Å². The standard InChI is InChI=1S/C22H19NO2/c24-21-19-15-10-11-16(13-12-15)20(19)22(25)23(21)18-9-5-4-8-17(18)14-6-2-1-3-7-14/h1-11,15-16,19-20H,12-13H2/t15-,16-,19+,20+/m0/s1. The van der Waals surface area contributed by atoms with Gasteiger partial charge in [-0.2, -0.15) is 0 Å². The first kappa shape index (κ1) is 14.6. The number of fused-ring (bicyclic) bond motifs is 1. The molecule has 4 aliphatic rings. The summed E-state index contributed by atoms with van der Waals surface area (Å²) in [5.41, 5.74) is 2.68. The normalized spacial score (nSPS) is 30.0. The summed E-state index contributed by atoms with van der Waals surface area (Å²) in [4.78, 5) is 27.9. The third kappa shape index (κ3) is 2.05. The number of rotatable bonds is 2. The molecule has 124 valence electrons. The van der Waals surface area contributed by atoms with Gasteiger partial charge in [0.2, 0.25) is 11.8 Å². The molecule has 6 rings (SSSR count). The van der Waals surface area contributed by atoms with E-state index >= 15 is 0 Å². The highest BCUT2D eigenvalue weighted by molar-refractivity contribution is 6.24. The first-order valence-corrected chi connectivity index (χ1v) is 8.96. The van der Waals surface area contributed by atoms with Crippen LogP contribution in [0.25, 0.3) is 11.1 Å². The van der Waals surface area contributed by atoms with E-state index in [1.54, 1.807) is 0 Å². The summed E-state index contributed by atoms with van der Waals surface area (Å²) in [5, 5.41) is 0. The third-order valence-corrected chi connectivity index (χ3v) is 5.99. The highest BCUT2D eigenvalue weighted by Crippen LogP contribution is 2.51. The average Bonchev–Trinajstić information content (AvgIpc) is 2.96. The van der Waals surface area contributed by atoms with Gasteiger partial charge in [-0.3, -0.25) is 9.59 Å². The van der Waals surface area contributed by atoms with Crippen molar-refractivity contribution in [3.63, 3.8) is 0 Å². The van der Waals surface area contributed by atoms with Gasteiger partial charge in [-0.25, -0.2) is 4.90 Å². The van der Waals surface area contributed by atoms with Gasteiger partial charge in [0, 0.05) is 5.56 Å². The van der Waals surface area contributed by atoms with Crippen molar-refractivity contribution >= 4 is 17.5 Å². The molecular weight excluding hydrogens is 310 g/mol. The van der Waals surface area contributed by atoms with Crippen LogP contribution < -0.4 is 4.90 Å². The SMILES string of the molecule is O=C1[C@H]2[C@H](C(=O)N1c1ccccc1-c1ccccc1)[C@H]1C=C[C@H]2CC1. The van der Waals surface area contributed by atoms with Crippen LogP contribution in [-0.4, -0.2) is 11.8 Å². The second-order valence-corrected chi connectivity index (χ2v) is 7.24. The van der Waals surface area contributed by atoms with E-state index in [1.807, 2.05) is 54.6 Å². The van der Waals surface area contributed by atoms with Gasteiger partial charge in [0.25, 0.3) is 0 Å². The molecule has 0 radical (unpaired) electrons. The van der Waals surface area contributed by atoms with Crippen molar-refractivity contribution in [2.24, 2.45) is 23.7 Å². The van der Waals surface area contributed by atoms with Gasteiger partial charge in [0.1, 0.15) is 0 Å². The predicted molar refractivity (Wildman–Crippen MR) is 96.7 cm³/mol. The number of benzene rings is 2. The number of para-hydroxylation sites is 1. The molecule has 0 N–H and O–H groups in total. The van der Waals surface area contributed by atoms with E-state index in [0.29, 0.717) is 0 Å². The molecule has 1 saturated heterocycles. The van der Waals surface area contributed by atoms with Crippen molar-refractivity contribution in [3.05, 3.63) is 66.7 Å². The quantitative estimate of drug-likeness (QED) is 0.615. The maximum Gasteiger partial charge on any atom is 0.238 e. The van der Waals surface area contributed by atoms with Crippen LogP contribution in [-0.2, 0) is 9.59 Å². The molecule has 1 heterocycles. The van der Waals surface area contributed by atoms with Gasteiger partial charge in [-0.1, -0.05) is 60.7 Å². The summed E-state index contributed by atoms with van der Waals surface area (Å²) in [6.45, 7) is 0. The molecule has 1 aliphatic heterocycles. The molecule has 3 heteroatoms. The maximum atomic E-state index is 13.2. The van der Waals surface area contributed by atoms with Crippen molar-refractivity contribution in [2.45, 2.75) is 12.8 Å². The Bertz CT molecular complexity index is 854. The van der Waals surface area contributed by atoms with Crippen LogP contribution in [0.3, 0.4) is 0 Å². The topological polar surface area (TPSA) is 37.4 Å². The van der Waals surface area contributed by atoms with Crippen molar-refractivity contribution in [1.82, 2.24) is 0 Å². The van der Waals surface area contributed by atoms with Crippen molar-refractivity contribution < 1.29 is 9.59 Å². The molecule has 2 amide bonds. The Morgan fingerprint density at radius 1 is 0.720 bits per heavy atom. The van der Waals surface area contributed by atoms with Crippen LogP contribution >= 0.6 is 0 Å². The summed E-state index contributed by atoms with van der Waals surface area (Å²) in [7, 11) is 0. The van der Waals surface area contributed by atoms with E-state index < -0.39 is 0 Å². The van der Waals surface area contributed by atoms with Gasteiger partial charge < -0.3 is 0 Å². The minimum atomic E-state index is -0.167. The highest BCUT2D eigenvalue weighted by atomic mass is 16.2. The fourth-order valence-corrected chi connectivity index (χ4v) is 4.84. The summed E-state index contributed by atoms with van der Waals surface area (Å²) in [6.07, 6.45) is 6.37. The molecule has 0 unspecified atom stereocenters. The first-order chi connectivity index (χ1) is 12.3. The molecular formula is C22H19NO2. The molecule has 2 aromatic rings. The monoisotopic (exact) mass is 329 g/mol. The summed E-state index contributed by atoms with van der Waals surface area (Å²) >= 11 is 0. The van der Waals surface area contributed by atoms with Crippen LogP contribution in [0.5, 0.6) is 0 Å². The molecule has 2 bridgehead atoms. The second kappa shape index (κ2) is 5.41. The van der Waals surface area contributed by atoms with E-state index in [4.69, 9.17) is 0 Å². The van der Waals surface area contributed by atoms with E-state index in [-0.39, 0.29) is 35.5 Å². The van der Waals surface area contributed by atoms with E-state index in [9.17, 15) is 9.59 Å². The third-order valence-electron chi connectivity index (χ3n) is 5.99. The minimum absolute atomic E-state index is 0.0163. The van der Waals surface area contributed by atoms with Crippen molar-refractivity contribution in [2.75, 3.05) is 4.90 Å². The number of nitrogens with zero attached hydrogens (tertiary/aromatic N) is 1. The minimum Gasteiger partial charge on any atom is -0.274 e. The number of allylic oxidation sites excluding steroid dienone is 2. The number of imide groups is 1. The lowest BCUT2D eigenvalue weighted by atomic mass is 9.63. The fraction of sp³-hybridized carbons (Fsp3) is 0.273. The number of anilines is 1. The molecule has 0 spiro atoms. The lowest BCUT2D eigenvalue weighted by molar-refractivity contribution is -0.124. The molecule has 0 aromatic heterocycles.